The summed E-state index contributed by atoms with van der Waals surface area (Å²) in [4.78, 5) is 27.4. The Kier molecular flexibility index (Phi) is 6.48. The molecule has 158 valence electrons. The highest BCUT2D eigenvalue weighted by atomic mass is 16.6. The second-order valence-corrected chi connectivity index (χ2v) is 6.87. The summed E-state index contributed by atoms with van der Waals surface area (Å²) in [6.07, 6.45) is 2.70. The fourth-order valence-corrected chi connectivity index (χ4v) is 2.94. The van der Waals surface area contributed by atoms with E-state index in [0.717, 1.165) is 23.1 Å². The highest BCUT2D eigenvalue weighted by molar-refractivity contribution is 5.93. The number of anilines is 1. The van der Waals surface area contributed by atoms with Gasteiger partial charge in [-0.2, -0.15) is 0 Å². The number of aryl methyl sites for hydroxylation is 1. The number of aromatic nitrogens is 3. The van der Waals surface area contributed by atoms with Crippen LogP contribution in [0.4, 0.5) is 10.6 Å². The number of nitrogens with zero attached hydrogens (tertiary/aromatic N) is 5. The second kappa shape index (κ2) is 9.23. The number of benzene rings is 1. The lowest BCUT2D eigenvalue weighted by molar-refractivity contribution is 0.215. The van der Waals surface area contributed by atoms with Crippen LogP contribution < -0.4 is 15.8 Å². The predicted molar refractivity (Wildman–Crippen MR) is 115 cm³/mol. The molecule has 1 aromatic carbocycles. The van der Waals surface area contributed by atoms with Crippen LogP contribution in [0.1, 0.15) is 11.3 Å². The lowest BCUT2D eigenvalue weighted by atomic mass is 10.2. The molecule has 0 unspecified atom stereocenters. The van der Waals surface area contributed by atoms with Gasteiger partial charge in [-0.1, -0.05) is 5.16 Å². The van der Waals surface area contributed by atoms with Gasteiger partial charge in [-0.25, -0.2) is 14.8 Å². The van der Waals surface area contributed by atoms with E-state index in [1.807, 2.05) is 44.1 Å². The Morgan fingerprint density at radius 1 is 1.33 bits per heavy atom. The minimum Gasteiger partial charge on any atom is -0.438 e. The van der Waals surface area contributed by atoms with Crippen LogP contribution >= 0.6 is 0 Å². The van der Waals surface area contributed by atoms with Gasteiger partial charge in [0.15, 0.2) is 0 Å². The lowest BCUT2D eigenvalue weighted by Gasteiger charge is -2.12. The number of carbonyl (C=O) groups is 1. The van der Waals surface area contributed by atoms with Crippen LogP contribution in [0.2, 0.25) is 0 Å². The Hall–Kier alpha value is -3.66. The maximum Gasteiger partial charge on any atom is 0.326 e. The van der Waals surface area contributed by atoms with E-state index in [1.54, 1.807) is 10.6 Å². The van der Waals surface area contributed by atoms with Crippen LogP contribution in [-0.4, -0.2) is 66.0 Å². The van der Waals surface area contributed by atoms with Gasteiger partial charge in [0.1, 0.15) is 30.6 Å². The van der Waals surface area contributed by atoms with Gasteiger partial charge in [0.25, 0.3) is 0 Å². The normalized spacial score (nSPS) is 11.4. The van der Waals surface area contributed by atoms with Crippen LogP contribution in [0.3, 0.4) is 0 Å². The topological polar surface area (TPSA) is 120 Å². The van der Waals surface area contributed by atoms with Crippen molar-refractivity contribution < 1.29 is 14.4 Å². The van der Waals surface area contributed by atoms with Crippen molar-refractivity contribution in [3.8, 4) is 11.6 Å². The van der Waals surface area contributed by atoms with Crippen molar-refractivity contribution >= 4 is 29.0 Å². The lowest BCUT2D eigenvalue weighted by Crippen LogP contribution is -2.34. The summed E-state index contributed by atoms with van der Waals surface area (Å²) in [7, 11) is 5.35. The Labute approximate surface area is 174 Å². The Bertz CT molecular complexity index is 1080. The molecule has 30 heavy (non-hydrogen) atoms. The number of oxime groups is 1. The number of hydrogen-bond donors (Lipinski definition) is 2. The third-order valence-corrected chi connectivity index (χ3v) is 4.38. The third-order valence-electron chi connectivity index (χ3n) is 4.38. The van der Waals surface area contributed by atoms with Gasteiger partial charge in [-0.15, -0.1) is 0 Å². The van der Waals surface area contributed by atoms with E-state index in [0.29, 0.717) is 17.9 Å². The van der Waals surface area contributed by atoms with Crippen LogP contribution in [0.15, 0.2) is 35.7 Å². The number of likely N-dealkylation sites (N-methyl/N-ethyl adjacent to an activating group) is 1. The molecule has 10 nitrogen and oxygen atoms in total. The molecule has 0 bridgehead atoms. The number of fused-ring (bicyclic) bond motifs is 1. The van der Waals surface area contributed by atoms with Crippen molar-refractivity contribution in [1.29, 1.82) is 0 Å². The molecule has 0 saturated heterocycles. The van der Waals surface area contributed by atoms with E-state index in [-0.39, 0.29) is 17.7 Å². The molecule has 2 aromatic heterocycles. The molecule has 2 heterocycles. The van der Waals surface area contributed by atoms with Gasteiger partial charge in [-0.3, -0.25) is 4.57 Å². The van der Waals surface area contributed by atoms with Crippen molar-refractivity contribution in [3.05, 3.63) is 41.9 Å². The molecule has 3 rings (SSSR count). The summed E-state index contributed by atoms with van der Waals surface area (Å²) in [5.74, 6) is 1.01. The fraction of sp³-hybridized carbons (Fsp3) is 0.300. The fourth-order valence-electron chi connectivity index (χ4n) is 2.94. The monoisotopic (exact) mass is 411 g/mol. The number of hydrogen-bond acceptors (Lipinski definition) is 8. The summed E-state index contributed by atoms with van der Waals surface area (Å²) in [5, 5.41) is 7.50. The van der Waals surface area contributed by atoms with Gasteiger partial charge in [0.05, 0.1) is 11.7 Å². The van der Waals surface area contributed by atoms with Crippen LogP contribution in [0.5, 0.6) is 11.6 Å². The minimum atomic E-state index is -0.167. The number of rotatable bonds is 7. The number of nitrogen functional groups attached to an aromatic ring is 1. The Morgan fingerprint density at radius 2 is 2.13 bits per heavy atom. The molecule has 0 spiro atoms. The summed E-state index contributed by atoms with van der Waals surface area (Å²) < 4.78 is 7.55. The first-order chi connectivity index (χ1) is 14.4. The molecule has 0 radical (unpaired) electrons. The maximum absolute atomic E-state index is 12.6. The molecular formula is C20H25N7O3. The first-order valence-corrected chi connectivity index (χ1v) is 9.30. The van der Waals surface area contributed by atoms with Gasteiger partial charge in [-0.05, 0) is 45.3 Å². The highest BCUT2D eigenvalue weighted by Crippen LogP contribution is 2.29. The summed E-state index contributed by atoms with van der Waals surface area (Å²) >= 11 is 0. The van der Waals surface area contributed by atoms with Crippen LogP contribution in [0, 0.1) is 6.92 Å². The minimum absolute atomic E-state index is 0.167. The summed E-state index contributed by atoms with van der Waals surface area (Å²) in [5.41, 5.74) is 7.91. The first-order valence-electron chi connectivity index (χ1n) is 9.30. The average molecular weight is 411 g/mol. The standard InChI is InChI=1S/C20H25N7O3/c1-13-9-14-10-15(30-19-16(11-25-29-4)18(21)23-12-24-19)5-6-17(14)27(13)20(28)22-7-8-26(2)3/h5-6,9-12H,7-8H2,1-4H3,(H,22,28)(H2,21,23,24). The van der Waals surface area contributed by atoms with E-state index in [2.05, 4.69) is 20.4 Å². The van der Waals surface area contributed by atoms with E-state index in [9.17, 15) is 4.79 Å². The third kappa shape index (κ3) is 4.66. The quantitative estimate of drug-likeness (QED) is 0.452. The van der Waals surface area contributed by atoms with Gasteiger partial charge < -0.3 is 25.5 Å². The Balaban J connectivity index is 1.87. The number of ether oxygens (including phenoxy) is 1. The SMILES string of the molecule is CON=Cc1c(N)ncnc1Oc1ccc2c(c1)cc(C)n2C(=O)NCCN(C)C. The molecule has 0 aliphatic carbocycles. The molecule has 10 heteroatoms. The summed E-state index contributed by atoms with van der Waals surface area (Å²) in [6, 6.07) is 7.19. The molecule has 0 fully saturated rings. The maximum atomic E-state index is 12.6. The molecule has 3 aromatic rings. The van der Waals surface area contributed by atoms with Crippen molar-refractivity contribution in [2.45, 2.75) is 6.92 Å². The smallest absolute Gasteiger partial charge is 0.326 e. The van der Waals surface area contributed by atoms with Crippen LogP contribution in [0.25, 0.3) is 10.9 Å². The molecule has 0 saturated carbocycles. The van der Waals surface area contributed by atoms with Gasteiger partial charge in [0.2, 0.25) is 5.88 Å². The molecule has 0 atom stereocenters. The highest BCUT2D eigenvalue weighted by Gasteiger charge is 2.15. The second-order valence-electron chi connectivity index (χ2n) is 6.87. The van der Waals surface area contributed by atoms with Crippen LogP contribution in [-0.2, 0) is 4.84 Å². The van der Waals surface area contributed by atoms with Gasteiger partial charge in [0, 0.05) is 24.2 Å². The predicted octanol–water partition coefficient (Wildman–Crippen LogP) is 2.21. The van der Waals surface area contributed by atoms with E-state index in [4.69, 9.17) is 15.3 Å². The zero-order chi connectivity index (χ0) is 21.7. The zero-order valence-electron chi connectivity index (χ0n) is 17.4. The average Bonchev–Trinajstić information content (AvgIpc) is 3.02. The number of amides is 1. The Morgan fingerprint density at radius 3 is 2.87 bits per heavy atom. The first kappa shape index (κ1) is 21.1. The van der Waals surface area contributed by atoms with Gasteiger partial charge >= 0.3 is 6.03 Å². The summed E-state index contributed by atoms with van der Waals surface area (Å²) in [6.45, 7) is 3.21. The molecule has 0 aliphatic rings. The number of nitrogens with one attached hydrogen (secondary N) is 1. The molecular weight excluding hydrogens is 386 g/mol. The number of nitrogens with two attached hydrogens (primary N) is 1. The van der Waals surface area contributed by atoms with Crippen molar-refractivity contribution in [3.63, 3.8) is 0 Å². The zero-order valence-corrected chi connectivity index (χ0v) is 17.4. The van der Waals surface area contributed by atoms with E-state index in [1.165, 1.54) is 19.7 Å². The largest absolute Gasteiger partial charge is 0.438 e. The van der Waals surface area contributed by atoms with E-state index < -0.39 is 0 Å². The van der Waals surface area contributed by atoms with Crippen molar-refractivity contribution in [2.75, 3.05) is 40.0 Å². The molecule has 1 amide bonds. The van der Waals surface area contributed by atoms with E-state index >= 15 is 0 Å². The van der Waals surface area contributed by atoms with Crippen molar-refractivity contribution in [1.82, 2.24) is 24.8 Å². The van der Waals surface area contributed by atoms with Crippen molar-refractivity contribution in [2.24, 2.45) is 5.16 Å². The molecule has 0 aliphatic heterocycles. The molecule has 3 N–H and O–H groups in total. The number of carbonyl (C=O) groups excluding carboxylic acids is 1.